The van der Waals surface area contributed by atoms with Gasteiger partial charge in [-0.25, -0.2) is 25.9 Å². The molecule has 5 rings (SSSR count). The average Bonchev–Trinajstić information content (AvgIpc) is 3.69. The molecule has 1 N–H and O–H groups in total. The lowest BCUT2D eigenvalue weighted by Gasteiger charge is -2.24. The predicted molar refractivity (Wildman–Crippen MR) is 162 cm³/mol. The smallest absolute Gasteiger partial charge is 0.273 e. The summed E-state index contributed by atoms with van der Waals surface area (Å²) < 4.78 is 84.7. The summed E-state index contributed by atoms with van der Waals surface area (Å²) in [5, 5.41) is 6.62. The van der Waals surface area contributed by atoms with Crippen LogP contribution in [0.15, 0.2) is 46.0 Å². The number of nitrogens with zero attached hydrogens (tertiary/aromatic N) is 3. The van der Waals surface area contributed by atoms with Crippen molar-refractivity contribution in [1.82, 2.24) is 10.1 Å². The minimum absolute atomic E-state index is 0.0208. The van der Waals surface area contributed by atoms with Crippen molar-refractivity contribution >= 4 is 29.6 Å². The van der Waals surface area contributed by atoms with Crippen molar-refractivity contribution in [1.29, 1.82) is 0 Å². The quantitative estimate of drug-likeness (QED) is 0.128. The van der Waals surface area contributed by atoms with Crippen molar-refractivity contribution in [2.75, 3.05) is 23.0 Å². The molecule has 0 saturated carbocycles. The average molecular weight is 637 g/mol. The van der Waals surface area contributed by atoms with Crippen LogP contribution in [0, 0.1) is 24.4 Å². The van der Waals surface area contributed by atoms with Crippen LogP contribution in [0.3, 0.4) is 0 Å². The Morgan fingerprint density at radius 1 is 1.09 bits per heavy atom. The van der Waals surface area contributed by atoms with Gasteiger partial charge < -0.3 is 14.6 Å². The highest BCUT2D eigenvalue weighted by Crippen LogP contribution is 2.39. The molecule has 234 valence electrons. The molecule has 43 heavy (non-hydrogen) atoms. The first-order valence-corrected chi connectivity index (χ1v) is 19.8. The maximum absolute atomic E-state index is 15.8. The minimum Gasteiger partial charge on any atom is -0.380 e. The van der Waals surface area contributed by atoms with E-state index in [1.807, 2.05) is 6.07 Å². The number of hydrogen-bond donors (Lipinski definition) is 1. The second-order valence-corrected chi connectivity index (χ2v) is 20.0. The highest BCUT2D eigenvalue weighted by atomic mass is 32.2. The fraction of sp³-hybridized carbons (Fsp3) is 0.500. The summed E-state index contributed by atoms with van der Waals surface area (Å²) in [6, 6.07) is 8.92. The summed E-state index contributed by atoms with van der Waals surface area (Å²) in [5.74, 6) is -3.11. The molecule has 0 spiro atoms. The summed E-state index contributed by atoms with van der Waals surface area (Å²) in [4.78, 5) is 1.31. The highest BCUT2D eigenvalue weighted by molar-refractivity contribution is 7.92. The van der Waals surface area contributed by atoms with Crippen molar-refractivity contribution in [3.63, 3.8) is 0 Å². The number of fused-ring (bicyclic) bond motifs is 2. The Labute approximate surface area is 252 Å². The molecule has 0 radical (unpaired) electrons. The van der Waals surface area contributed by atoms with E-state index in [4.69, 9.17) is 9.26 Å². The number of ether oxygens (including phenoxy) is 1. The number of sulfonamides is 1. The molecule has 8 nitrogen and oxygen atoms in total. The Hall–Kier alpha value is -2.87. The van der Waals surface area contributed by atoms with Gasteiger partial charge in [-0.1, -0.05) is 36.9 Å². The Bertz CT molecular complexity index is 1530. The van der Waals surface area contributed by atoms with Crippen LogP contribution in [0.25, 0.3) is 0 Å². The third-order valence-electron chi connectivity index (χ3n) is 8.48. The first-order chi connectivity index (χ1) is 20.4. The molecule has 0 unspecified atom stereocenters. The van der Waals surface area contributed by atoms with E-state index in [1.165, 1.54) is 19.1 Å². The van der Waals surface area contributed by atoms with Crippen molar-refractivity contribution in [3.8, 4) is 0 Å². The zero-order valence-electron chi connectivity index (χ0n) is 25.0. The third-order valence-corrected chi connectivity index (χ3v) is 11.9. The van der Waals surface area contributed by atoms with E-state index in [-0.39, 0.29) is 30.2 Å². The van der Waals surface area contributed by atoms with E-state index >= 15 is 13.2 Å². The molecule has 2 aliphatic rings. The third kappa shape index (κ3) is 6.79. The monoisotopic (exact) mass is 636 g/mol. The van der Waals surface area contributed by atoms with Gasteiger partial charge in [0.15, 0.2) is 16.5 Å². The lowest BCUT2D eigenvalue weighted by atomic mass is 10.0. The molecular weight excluding hydrogens is 598 g/mol. The first kappa shape index (κ1) is 31.5. The molecule has 3 heterocycles. The molecule has 0 amide bonds. The first-order valence-electron chi connectivity index (χ1n) is 14.6. The molecule has 13 heteroatoms. The van der Waals surface area contributed by atoms with Crippen LogP contribution in [-0.2, 0) is 27.8 Å². The van der Waals surface area contributed by atoms with Crippen molar-refractivity contribution in [3.05, 3.63) is 70.7 Å². The Morgan fingerprint density at radius 3 is 2.42 bits per heavy atom. The molecule has 0 aliphatic carbocycles. The zero-order chi connectivity index (χ0) is 30.9. The number of nitrogens with one attached hydrogen (secondary N) is 1. The topological polar surface area (TPSA) is 87.9 Å². The van der Waals surface area contributed by atoms with Crippen molar-refractivity contribution < 1.29 is 30.8 Å². The summed E-state index contributed by atoms with van der Waals surface area (Å²) in [6.45, 7) is 8.18. The standard InChI is InChI=1S/C30H39F3N4O4SSi/c1-20-27(34-17-24-21(6-5-7-25(24)31)18-36-22-8-9-23(36)11-10-22)16-26(32)30(29(20)33)42(38,39)37(28-12-13-41-35-28)19-40-14-15-43(2,3)4/h5-7,12-13,16,22-23,34H,8-11,14-15,17-19H2,1-4H3. The van der Waals surface area contributed by atoms with Crippen LogP contribution >= 0.6 is 0 Å². The van der Waals surface area contributed by atoms with E-state index in [1.54, 1.807) is 6.07 Å². The van der Waals surface area contributed by atoms with E-state index in [0.717, 1.165) is 49.6 Å². The van der Waals surface area contributed by atoms with Gasteiger partial charge in [0.25, 0.3) is 10.0 Å². The predicted octanol–water partition coefficient (Wildman–Crippen LogP) is 6.65. The van der Waals surface area contributed by atoms with Gasteiger partial charge in [0.1, 0.15) is 24.6 Å². The second kappa shape index (κ2) is 12.6. The van der Waals surface area contributed by atoms with Gasteiger partial charge in [0.2, 0.25) is 0 Å². The number of hydrogen-bond acceptors (Lipinski definition) is 7. The van der Waals surface area contributed by atoms with Crippen LogP contribution in [0.2, 0.25) is 25.7 Å². The summed E-state index contributed by atoms with van der Waals surface area (Å²) >= 11 is 0. The summed E-state index contributed by atoms with van der Waals surface area (Å²) in [7, 11) is -6.25. The van der Waals surface area contributed by atoms with Crippen LogP contribution < -0.4 is 9.62 Å². The van der Waals surface area contributed by atoms with Gasteiger partial charge in [0, 0.05) is 62.7 Å². The maximum Gasteiger partial charge on any atom is 0.273 e. The van der Waals surface area contributed by atoms with E-state index in [9.17, 15) is 8.42 Å². The normalized spacial score (nSPS) is 18.9. The van der Waals surface area contributed by atoms with E-state index < -0.39 is 47.2 Å². The van der Waals surface area contributed by atoms with Crippen LogP contribution in [0.4, 0.5) is 24.7 Å². The largest absolute Gasteiger partial charge is 0.380 e. The van der Waals surface area contributed by atoms with Gasteiger partial charge >= 0.3 is 0 Å². The zero-order valence-corrected chi connectivity index (χ0v) is 26.8. The highest BCUT2D eigenvalue weighted by Gasteiger charge is 2.39. The Kier molecular flexibility index (Phi) is 9.26. The van der Waals surface area contributed by atoms with Crippen molar-refractivity contribution in [2.45, 2.75) is 88.4 Å². The van der Waals surface area contributed by atoms with Gasteiger partial charge in [-0.3, -0.25) is 4.90 Å². The van der Waals surface area contributed by atoms with Gasteiger partial charge in [-0.2, -0.15) is 0 Å². The number of aromatic nitrogens is 1. The Morgan fingerprint density at radius 2 is 1.79 bits per heavy atom. The maximum atomic E-state index is 15.8. The lowest BCUT2D eigenvalue weighted by molar-refractivity contribution is 0.155. The fourth-order valence-electron chi connectivity index (χ4n) is 5.95. The molecule has 0 atom stereocenters. The number of rotatable bonds is 13. The minimum atomic E-state index is -4.79. The molecule has 2 saturated heterocycles. The van der Waals surface area contributed by atoms with Gasteiger partial charge in [-0.15, -0.1) is 0 Å². The Balaban J connectivity index is 1.37. The van der Waals surface area contributed by atoms with Crippen LogP contribution in [0.5, 0.6) is 0 Å². The molecule has 2 fully saturated rings. The van der Waals surface area contributed by atoms with Gasteiger partial charge in [0.05, 0.1) is 0 Å². The van der Waals surface area contributed by atoms with Crippen molar-refractivity contribution in [2.24, 2.45) is 0 Å². The molecule has 1 aromatic heterocycles. The fourth-order valence-corrected chi connectivity index (χ4v) is 8.17. The van der Waals surface area contributed by atoms with Gasteiger partial charge in [-0.05, 0) is 56.3 Å². The molecule has 3 aromatic rings. The van der Waals surface area contributed by atoms with Crippen LogP contribution in [0.1, 0.15) is 42.4 Å². The lowest BCUT2D eigenvalue weighted by Crippen LogP contribution is -2.35. The molecule has 2 bridgehead atoms. The number of benzene rings is 2. The van der Waals surface area contributed by atoms with Crippen LogP contribution in [-0.4, -0.2) is 52.0 Å². The number of anilines is 2. The molecule has 2 aromatic carbocycles. The summed E-state index contributed by atoms with van der Waals surface area (Å²) in [5.41, 5.74) is 1.15. The van der Waals surface area contributed by atoms with E-state index in [0.29, 0.717) is 28.5 Å². The number of halogens is 3. The van der Waals surface area contributed by atoms with E-state index in [2.05, 4.69) is 35.0 Å². The molecular formula is C30H39F3N4O4SSi. The SMILES string of the molecule is Cc1c(NCc2c(F)cccc2CN2C3CCC2CC3)cc(F)c(S(=O)(=O)N(COCC[Si](C)(C)C)c2ccon2)c1F. The summed E-state index contributed by atoms with van der Waals surface area (Å²) in [6.07, 6.45) is 5.77. The second-order valence-electron chi connectivity index (χ2n) is 12.6. The molecule has 2 aliphatic heterocycles.